The Kier molecular flexibility index (Phi) is 3.02. The fourth-order valence-corrected chi connectivity index (χ4v) is 2.00. The third-order valence-electron chi connectivity index (χ3n) is 2.84. The van der Waals surface area contributed by atoms with Gasteiger partial charge in [-0.15, -0.1) is 0 Å². The summed E-state index contributed by atoms with van der Waals surface area (Å²) in [5.41, 5.74) is 1.73. The van der Waals surface area contributed by atoms with E-state index in [4.69, 9.17) is 9.84 Å². The highest BCUT2D eigenvalue weighted by molar-refractivity contribution is 5.68. The minimum Gasteiger partial charge on any atom is -0.480 e. The Balaban J connectivity index is 1.91. The molecule has 2 heterocycles. The molecule has 1 aliphatic rings. The molecule has 0 spiro atoms. The highest BCUT2D eigenvalue weighted by Crippen LogP contribution is 2.30. The number of hydrogen-bond donors (Lipinski definition) is 1. The maximum absolute atomic E-state index is 10.4. The lowest BCUT2D eigenvalue weighted by molar-refractivity contribution is -0.150. The molecule has 0 atom stereocenters. The van der Waals surface area contributed by atoms with Crippen LogP contribution < -0.4 is 4.90 Å². The second-order valence-corrected chi connectivity index (χ2v) is 4.64. The molecule has 0 bridgehead atoms. The van der Waals surface area contributed by atoms with Crippen LogP contribution in [0, 0.1) is 6.92 Å². The van der Waals surface area contributed by atoms with Crippen LogP contribution in [0.4, 0.5) is 5.69 Å². The fourth-order valence-electron chi connectivity index (χ4n) is 2.00. The molecule has 0 unspecified atom stereocenters. The third kappa shape index (κ3) is 2.74. The van der Waals surface area contributed by atoms with Crippen LogP contribution in [0.3, 0.4) is 0 Å². The average Bonchev–Trinajstić information content (AvgIpc) is 2.22. The molecule has 5 nitrogen and oxygen atoms in total. The Hall–Kier alpha value is -1.62. The van der Waals surface area contributed by atoms with Crippen LogP contribution in [0.5, 0.6) is 0 Å². The molecule has 0 amide bonds. The summed E-state index contributed by atoms with van der Waals surface area (Å²) in [6, 6.07) is 3.96. The predicted octanol–water partition coefficient (Wildman–Crippen LogP) is 1.07. The van der Waals surface area contributed by atoms with Gasteiger partial charge in [0.25, 0.3) is 0 Å². The SMILES string of the molecule is Cc1cc(N2CC(C)(OCC(=O)O)C2)ccn1. The van der Waals surface area contributed by atoms with Crippen molar-refractivity contribution in [3.05, 3.63) is 24.0 Å². The van der Waals surface area contributed by atoms with Gasteiger partial charge >= 0.3 is 5.97 Å². The largest absolute Gasteiger partial charge is 0.480 e. The van der Waals surface area contributed by atoms with E-state index >= 15 is 0 Å². The zero-order valence-electron chi connectivity index (χ0n) is 10.0. The minimum atomic E-state index is -0.926. The number of aromatic nitrogens is 1. The molecule has 1 aromatic rings. The van der Waals surface area contributed by atoms with Crippen molar-refractivity contribution in [2.24, 2.45) is 0 Å². The first-order valence-electron chi connectivity index (χ1n) is 5.52. The van der Waals surface area contributed by atoms with Gasteiger partial charge in [0.05, 0.1) is 0 Å². The van der Waals surface area contributed by atoms with Gasteiger partial charge < -0.3 is 14.7 Å². The monoisotopic (exact) mass is 236 g/mol. The number of anilines is 1. The number of pyridine rings is 1. The maximum atomic E-state index is 10.4. The molecule has 0 saturated carbocycles. The zero-order valence-corrected chi connectivity index (χ0v) is 10.0. The summed E-state index contributed by atoms with van der Waals surface area (Å²) in [5.74, 6) is -0.926. The summed E-state index contributed by atoms with van der Waals surface area (Å²) in [4.78, 5) is 16.7. The first kappa shape index (κ1) is 11.9. The van der Waals surface area contributed by atoms with E-state index in [0.29, 0.717) is 13.1 Å². The summed E-state index contributed by atoms with van der Waals surface area (Å²) < 4.78 is 5.35. The van der Waals surface area contributed by atoms with E-state index in [1.165, 1.54) is 0 Å². The molecular formula is C12H16N2O3. The molecule has 0 radical (unpaired) electrons. The van der Waals surface area contributed by atoms with Crippen molar-refractivity contribution < 1.29 is 14.6 Å². The van der Waals surface area contributed by atoms with E-state index in [0.717, 1.165) is 11.4 Å². The van der Waals surface area contributed by atoms with Crippen molar-refractivity contribution in [3.8, 4) is 0 Å². The van der Waals surface area contributed by atoms with Crippen molar-refractivity contribution in [2.75, 3.05) is 24.6 Å². The molecule has 1 saturated heterocycles. The summed E-state index contributed by atoms with van der Waals surface area (Å²) in [5, 5.41) is 8.57. The van der Waals surface area contributed by atoms with Gasteiger partial charge in [0, 0.05) is 30.7 Å². The van der Waals surface area contributed by atoms with E-state index in [1.807, 2.05) is 26.0 Å². The van der Waals surface area contributed by atoms with Crippen LogP contribution in [-0.4, -0.2) is 41.4 Å². The van der Waals surface area contributed by atoms with Crippen molar-refractivity contribution in [2.45, 2.75) is 19.4 Å². The lowest BCUT2D eigenvalue weighted by atomic mass is 9.95. The van der Waals surface area contributed by atoms with Gasteiger partial charge in [-0.2, -0.15) is 0 Å². The fraction of sp³-hybridized carbons (Fsp3) is 0.500. The third-order valence-corrected chi connectivity index (χ3v) is 2.84. The Morgan fingerprint density at radius 2 is 2.35 bits per heavy atom. The summed E-state index contributed by atoms with van der Waals surface area (Å²) >= 11 is 0. The van der Waals surface area contributed by atoms with Gasteiger partial charge in [-0.3, -0.25) is 4.98 Å². The van der Waals surface area contributed by atoms with Gasteiger partial charge in [0.1, 0.15) is 12.2 Å². The van der Waals surface area contributed by atoms with Crippen LogP contribution in [0.2, 0.25) is 0 Å². The van der Waals surface area contributed by atoms with Crippen molar-refractivity contribution >= 4 is 11.7 Å². The molecular weight excluding hydrogens is 220 g/mol. The van der Waals surface area contributed by atoms with Crippen LogP contribution >= 0.6 is 0 Å². The number of ether oxygens (including phenoxy) is 1. The van der Waals surface area contributed by atoms with E-state index in [-0.39, 0.29) is 12.2 Å². The molecule has 0 aliphatic carbocycles. The van der Waals surface area contributed by atoms with Gasteiger partial charge in [-0.1, -0.05) is 0 Å². The number of aliphatic carboxylic acids is 1. The van der Waals surface area contributed by atoms with Gasteiger partial charge in [-0.25, -0.2) is 4.79 Å². The smallest absolute Gasteiger partial charge is 0.329 e. The standard InChI is InChI=1S/C12H16N2O3/c1-9-5-10(3-4-13-9)14-7-12(2,8-14)17-6-11(15)16/h3-5H,6-8H2,1-2H3,(H,15,16). The molecule has 2 rings (SSSR count). The molecule has 92 valence electrons. The highest BCUT2D eigenvalue weighted by Gasteiger charge is 2.40. The topological polar surface area (TPSA) is 62.7 Å². The second-order valence-electron chi connectivity index (χ2n) is 4.64. The predicted molar refractivity (Wildman–Crippen MR) is 63.2 cm³/mol. The number of carboxylic acid groups (broad SMARTS) is 1. The quantitative estimate of drug-likeness (QED) is 0.847. The van der Waals surface area contributed by atoms with Crippen LogP contribution in [0.25, 0.3) is 0 Å². The summed E-state index contributed by atoms with van der Waals surface area (Å²) in [6.07, 6.45) is 1.78. The Labute approximate surface area is 100 Å². The molecule has 0 aromatic carbocycles. The van der Waals surface area contributed by atoms with Gasteiger partial charge in [0.15, 0.2) is 0 Å². The first-order chi connectivity index (χ1) is 7.98. The average molecular weight is 236 g/mol. The number of nitrogens with zero attached hydrogens (tertiary/aromatic N) is 2. The summed E-state index contributed by atoms with van der Waals surface area (Å²) in [7, 11) is 0. The molecule has 17 heavy (non-hydrogen) atoms. The number of carboxylic acids is 1. The molecule has 5 heteroatoms. The maximum Gasteiger partial charge on any atom is 0.329 e. The van der Waals surface area contributed by atoms with Crippen molar-refractivity contribution in [3.63, 3.8) is 0 Å². The number of hydrogen-bond acceptors (Lipinski definition) is 4. The Bertz CT molecular complexity index is 428. The minimum absolute atomic E-state index is 0.236. The summed E-state index contributed by atoms with van der Waals surface area (Å²) in [6.45, 7) is 5.07. The normalized spacial score (nSPS) is 17.6. The highest BCUT2D eigenvalue weighted by atomic mass is 16.5. The van der Waals surface area contributed by atoms with E-state index in [2.05, 4.69) is 9.88 Å². The van der Waals surface area contributed by atoms with Crippen molar-refractivity contribution in [1.29, 1.82) is 0 Å². The lowest BCUT2D eigenvalue weighted by Crippen LogP contribution is -2.62. The van der Waals surface area contributed by atoms with Crippen molar-refractivity contribution in [1.82, 2.24) is 4.98 Å². The molecule has 1 fully saturated rings. The Morgan fingerprint density at radius 3 is 2.94 bits per heavy atom. The van der Waals surface area contributed by atoms with Gasteiger partial charge in [0.2, 0.25) is 0 Å². The number of carbonyl (C=O) groups is 1. The van der Waals surface area contributed by atoms with Crippen LogP contribution in [-0.2, 0) is 9.53 Å². The first-order valence-corrected chi connectivity index (χ1v) is 5.52. The zero-order chi connectivity index (χ0) is 12.5. The number of rotatable bonds is 4. The van der Waals surface area contributed by atoms with Gasteiger partial charge in [-0.05, 0) is 26.0 Å². The van der Waals surface area contributed by atoms with E-state index in [9.17, 15) is 4.79 Å². The van der Waals surface area contributed by atoms with Crippen LogP contribution in [0.15, 0.2) is 18.3 Å². The number of aryl methyl sites for hydroxylation is 1. The Morgan fingerprint density at radius 1 is 1.65 bits per heavy atom. The van der Waals surface area contributed by atoms with E-state index < -0.39 is 5.97 Å². The lowest BCUT2D eigenvalue weighted by Gasteiger charge is -2.48. The van der Waals surface area contributed by atoms with E-state index in [1.54, 1.807) is 6.20 Å². The molecule has 1 N–H and O–H groups in total. The molecule has 1 aliphatic heterocycles. The second kappa shape index (κ2) is 4.33. The van der Waals surface area contributed by atoms with Crippen LogP contribution in [0.1, 0.15) is 12.6 Å². The molecule has 1 aromatic heterocycles.